The number of alkyl halides is 1. The molecule has 2 aromatic heterocycles. The maximum absolute atomic E-state index is 15.3. The number of pyridine rings is 1. The first-order valence-electron chi connectivity index (χ1n) is 17.9. The average molecular weight is 725 g/mol. The van der Waals surface area contributed by atoms with E-state index in [4.69, 9.17) is 26.3 Å². The van der Waals surface area contributed by atoms with Gasteiger partial charge < -0.3 is 19.4 Å². The fourth-order valence-corrected chi connectivity index (χ4v) is 8.77. The summed E-state index contributed by atoms with van der Waals surface area (Å²) in [6.45, 7) is 3.58. The molecule has 268 valence electrons. The van der Waals surface area contributed by atoms with Crippen molar-refractivity contribution in [2.24, 2.45) is 0 Å². The van der Waals surface area contributed by atoms with E-state index in [-0.39, 0.29) is 37.7 Å². The van der Waals surface area contributed by atoms with Gasteiger partial charge in [-0.05, 0) is 55.5 Å². The Hall–Kier alpha value is -4.86. The number of carbonyl (C=O) groups is 1. The summed E-state index contributed by atoms with van der Waals surface area (Å²) in [7, 11) is 0. The fourth-order valence-electron chi connectivity index (χ4n) is 8.49. The normalized spacial score (nSPS) is 23.4. The molecule has 0 radical (unpaired) electrons. The number of benzene rings is 2. The highest BCUT2D eigenvalue weighted by Gasteiger charge is 2.49. The second-order valence-electron chi connectivity index (χ2n) is 14.1. The number of nitriles is 1. The molecule has 6 heterocycles. The van der Waals surface area contributed by atoms with E-state index in [1.54, 1.807) is 18.2 Å². The highest BCUT2D eigenvalue weighted by molar-refractivity contribution is 6.36. The minimum absolute atomic E-state index is 0.0219. The van der Waals surface area contributed by atoms with Crippen LogP contribution in [-0.4, -0.2) is 94.3 Å². The number of piperazine rings is 1. The predicted octanol–water partition coefficient (Wildman–Crippen LogP) is 6.14. The monoisotopic (exact) mass is 724 g/mol. The van der Waals surface area contributed by atoms with E-state index in [0.717, 1.165) is 53.2 Å². The van der Waals surface area contributed by atoms with Crippen LogP contribution in [0.5, 0.6) is 6.01 Å². The van der Waals surface area contributed by atoms with E-state index in [2.05, 4.69) is 31.8 Å². The van der Waals surface area contributed by atoms with Gasteiger partial charge in [0.05, 0.1) is 47.0 Å². The van der Waals surface area contributed by atoms with E-state index in [1.807, 2.05) is 30.3 Å². The maximum Gasteiger partial charge on any atom is 0.318 e. The van der Waals surface area contributed by atoms with Crippen LogP contribution in [0.3, 0.4) is 0 Å². The van der Waals surface area contributed by atoms with Crippen molar-refractivity contribution in [1.29, 1.82) is 5.26 Å². The number of halogens is 3. The number of hydrogen-bond acceptors (Lipinski definition) is 9. The lowest BCUT2D eigenvalue weighted by molar-refractivity contribution is -0.131. The van der Waals surface area contributed by atoms with Crippen LogP contribution in [0.4, 0.5) is 20.3 Å². The highest BCUT2D eigenvalue weighted by Crippen LogP contribution is 2.41. The summed E-state index contributed by atoms with van der Waals surface area (Å²) in [6, 6.07) is 18.9. The lowest BCUT2D eigenvalue weighted by Crippen LogP contribution is -2.56. The molecule has 0 aliphatic carbocycles. The Kier molecular flexibility index (Phi) is 9.40. The van der Waals surface area contributed by atoms with Crippen LogP contribution >= 0.6 is 11.6 Å². The Labute approximate surface area is 306 Å². The molecule has 0 spiro atoms. The second-order valence-corrected chi connectivity index (χ2v) is 14.5. The molecule has 13 heteroatoms. The molecule has 52 heavy (non-hydrogen) atoms. The molecular weight excluding hydrogens is 686 g/mol. The Morgan fingerprint density at radius 2 is 1.92 bits per heavy atom. The molecule has 3 fully saturated rings. The molecule has 0 bridgehead atoms. The molecule has 2 aromatic carbocycles. The lowest BCUT2D eigenvalue weighted by Gasteiger charge is -2.42. The Balaban J connectivity index is 1.10. The van der Waals surface area contributed by atoms with Gasteiger partial charge in [0.2, 0.25) is 0 Å². The predicted molar refractivity (Wildman–Crippen MR) is 196 cm³/mol. The molecule has 0 unspecified atom stereocenters. The smallest absolute Gasteiger partial charge is 0.318 e. The molecule has 1 amide bonds. The third kappa shape index (κ3) is 6.52. The van der Waals surface area contributed by atoms with E-state index in [0.29, 0.717) is 55.6 Å². The summed E-state index contributed by atoms with van der Waals surface area (Å²) in [6.07, 6.45) is 4.71. The largest absolute Gasteiger partial charge is 0.461 e. The summed E-state index contributed by atoms with van der Waals surface area (Å²) < 4.78 is 36.3. The SMILES string of the molecule is N#CC[C@H]1CN(c2nc(OC[C@@]34CCCN3C[C@H](F)C4)nc3c2CCN(c2cccc4cccc(Cl)c24)C3)CCN1C(=O)/C(F)=C/c1ccccn1. The third-order valence-electron chi connectivity index (χ3n) is 11.0. The summed E-state index contributed by atoms with van der Waals surface area (Å²) in [4.78, 5) is 35.4. The van der Waals surface area contributed by atoms with Gasteiger partial charge in [-0.15, -0.1) is 0 Å². The van der Waals surface area contributed by atoms with Crippen LogP contribution in [0.1, 0.15) is 42.6 Å². The minimum Gasteiger partial charge on any atom is -0.461 e. The quantitative estimate of drug-likeness (QED) is 0.199. The summed E-state index contributed by atoms with van der Waals surface area (Å²) in [5.41, 5.74) is 2.76. The van der Waals surface area contributed by atoms with Crippen LogP contribution in [0.2, 0.25) is 5.02 Å². The summed E-state index contributed by atoms with van der Waals surface area (Å²) in [5.74, 6) is -1.01. The van der Waals surface area contributed by atoms with Crippen LogP contribution < -0.4 is 14.5 Å². The van der Waals surface area contributed by atoms with E-state index < -0.39 is 23.9 Å². The second kappa shape index (κ2) is 14.3. The van der Waals surface area contributed by atoms with Gasteiger partial charge in [-0.1, -0.05) is 41.9 Å². The van der Waals surface area contributed by atoms with Crippen LogP contribution in [0.25, 0.3) is 16.8 Å². The number of fused-ring (bicyclic) bond motifs is 3. The van der Waals surface area contributed by atoms with E-state index >= 15 is 4.39 Å². The molecule has 4 aliphatic heterocycles. The van der Waals surface area contributed by atoms with Crippen LogP contribution in [0, 0.1) is 11.3 Å². The number of aromatic nitrogens is 3. The van der Waals surface area contributed by atoms with E-state index in [9.17, 15) is 14.4 Å². The number of carbonyl (C=O) groups excluding carboxylic acids is 1. The van der Waals surface area contributed by atoms with Gasteiger partial charge in [-0.25, -0.2) is 8.78 Å². The zero-order valence-corrected chi connectivity index (χ0v) is 29.5. The van der Waals surface area contributed by atoms with Gasteiger partial charge in [0.1, 0.15) is 18.6 Å². The number of hydrogen-bond donors (Lipinski definition) is 0. The van der Waals surface area contributed by atoms with Crippen molar-refractivity contribution in [2.75, 3.05) is 55.7 Å². The van der Waals surface area contributed by atoms with Gasteiger partial charge in [0.25, 0.3) is 5.91 Å². The van der Waals surface area contributed by atoms with Crippen LogP contribution in [-0.2, 0) is 17.8 Å². The van der Waals surface area contributed by atoms with Gasteiger partial charge in [0.15, 0.2) is 5.83 Å². The molecule has 4 aliphatic rings. The third-order valence-corrected chi connectivity index (χ3v) is 11.3. The maximum atomic E-state index is 15.3. The van der Waals surface area contributed by atoms with Gasteiger partial charge in [-0.3, -0.25) is 14.7 Å². The first-order chi connectivity index (χ1) is 25.3. The standard InChI is InChI=1S/C39H39ClF2N8O2/c40-31-9-3-6-26-7-4-10-34(35(26)31)47-17-12-30-33(24-47)45-38(52-25-39-13-5-16-49(39)22-27(41)21-39)46-36(30)48-18-19-50(29(23-48)11-14-43)37(51)32(42)20-28-8-1-2-15-44-28/h1-4,6-10,15,20,27,29H,5,11-13,16-19,21-25H2/b32-20-/t27-,29+,39+/m1/s1. The molecule has 8 rings (SSSR count). The number of amides is 1. The van der Waals surface area contributed by atoms with Crippen molar-refractivity contribution in [3.05, 3.63) is 88.6 Å². The molecule has 0 saturated carbocycles. The Morgan fingerprint density at radius 1 is 1.06 bits per heavy atom. The molecule has 10 nitrogen and oxygen atoms in total. The number of ether oxygens (including phenoxy) is 1. The molecule has 3 atom stereocenters. The number of nitrogens with zero attached hydrogens (tertiary/aromatic N) is 8. The molecule has 0 N–H and O–H groups in total. The van der Waals surface area contributed by atoms with Crippen molar-refractivity contribution < 1.29 is 18.3 Å². The van der Waals surface area contributed by atoms with Gasteiger partial charge in [0, 0.05) is 68.1 Å². The Bertz CT molecular complexity index is 2060. The van der Waals surface area contributed by atoms with Crippen molar-refractivity contribution in [1.82, 2.24) is 24.8 Å². The molecular formula is C39H39ClF2N8O2. The zero-order valence-electron chi connectivity index (χ0n) is 28.7. The van der Waals surface area contributed by atoms with Gasteiger partial charge in [-0.2, -0.15) is 15.2 Å². The summed E-state index contributed by atoms with van der Waals surface area (Å²) >= 11 is 6.73. The number of rotatable bonds is 8. The van der Waals surface area contributed by atoms with E-state index in [1.165, 1.54) is 11.1 Å². The van der Waals surface area contributed by atoms with Crippen molar-refractivity contribution >= 4 is 45.9 Å². The fraction of sp³-hybridized carbons (Fsp3) is 0.410. The zero-order chi connectivity index (χ0) is 35.8. The van der Waals surface area contributed by atoms with Crippen LogP contribution in [0.15, 0.2) is 66.6 Å². The highest BCUT2D eigenvalue weighted by atomic mass is 35.5. The van der Waals surface area contributed by atoms with Crippen molar-refractivity contribution in [3.63, 3.8) is 0 Å². The summed E-state index contributed by atoms with van der Waals surface area (Å²) in [5, 5.41) is 12.5. The first kappa shape index (κ1) is 34.2. The minimum atomic E-state index is -0.929. The van der Waals surface area contributed by atoms with Crippen molar-refractivity contribution in [3.8, 4) is 12.1 Å². The lowest BCUT2D eigenvalue weighted by atomic mass is 9.95. The topological polar surface area (TPSA) is 102 Å². The average Bonchev–Trinajstić information content (AvgIpc) is 3.69. The van der Waals surface area contributed by atoms with Crippen molar-refractivity contribution in [2.45, 2.75) is 56.4 Å². The molecule has 3 saturated heterocycles. The number of anilines is 2. The Morgan fingerprint density at radius 3 is 2.75 bits per heavy atom. The first-order valence-corrected chi connectivity index (χ1v) is 18.2. The van der Waals surface area contributed by atoms with Gasteiger partial charge >= 0.3 is 6.01 Å². The molecule has 4 aromatic rings.